The number of likely N-dealkylation sites (N-methyl/N-ethyl adjacent to an activating group) is 1. The highest BCUT2D eigenvalue weighted by Crippen LogP contribution is 2.36. The lowest BCUT2D eigenvalue weighted by molar-refractivity contribution is 0.312. The first-order valence-electron chi connectivity index (χ1n) is 7.52. The summed E-state index contributed by atoms with van der Waals surface area (Å²) >= 11 is 0. The Morgan fingerprint density at radius 1 is 1.10 bits per heavy atom. The fourth-order valence-electron chi connectivity index (χ4n) is 2.60. The molecule has 1 aliphatic rings. The molecule has 1 fully saturated rings. The van der Waals surface area contributed by atoms with Crippen LogP contribution in [0.25, 0.3) is 0 Å². The fraction of sp³-hybridized carbons (Fsp3) is 0.647. The second-order valence-electron chi connectivity index (χ2n) is 7.08. The van der Waals surface area contributed by atoms with Gasteiger partial charge in [-0.1, -0.05) is 33.8 Å². The van der Waals surface area contributed by atoms with E-state index in [1.807, 2.05) is 6.07 Å². The molecule has 0 amide bonds. The highest BCUT2D eigenvalue weighted by atomic mass is 19.1. The molecule has 1 aromatic rings. The highest BCUT2D eigenvalue weighted by molar-refractivity contribution is 5.49. The Hall–Kier alpha value is -1.09. The van der Waals surface area contributed by atoms with Gasteiger partial charge in [-0.15, -0.1) is 0 Å². The minimum absolute atomic E-state index is 0.0659. The Kier molecular flexibility index (Phi) is 4.38. The molecule has 0 saturated carbocycles. The Balaban J connectivity index is 2.18. The zero-order valence-corrected chi connectivity index (χ0v) is 13.4. The zero-order valence-electron chi connectivity index (χ0n) is 13.4. The summed E-state index contributed by atoms with van der Waals surface area (Å²) in [5, 5.41) is 0. The molecular weight excluding hydrogens is 251 g/mol. The standard InChI is InChI=1S/C17H27FN2/c1-13(17(2,3)4)15-7-6-14(12-16(15)18)20-10-8-19(5)9-11-20/h6-7,12-13H,8-11H2,1-5H3. The van der Waals surface area contributed by atoms with Crippen LogP contribution in [0.2, 0.25) is 0 Å². The minimum atomic E-state index is -0.0659. The van der Waals surface area contributed by atoms with E-state index in [0.29, 0.717) is 0 Å². The Morgan fingerprint density at radius 2 is 1.70 bits per heavy atom. The molecule has 1 aliphatic heterocycles. The predicted molar refractivity (Wildman–Crippen MR) is 84.0 cm³/mol. The number of hydrogen-bond acceptors (Lipinski definition) is 2. The first kappa shape index (κ1) is 15.3. The van der Waals surface area contributed by atoms with Crippen LogP contribution in [0, 0.1) is 11.2 Å². The van der Waals surface area contributed by atoms with Gasteiger partial charge in [-0.2, -0.15) is 0 Å². The van der Waals surface area contributed by atoms with Crippen LogP contribution in [0.3, 0.4) is 0 Å². The van der Waals surface area contributed by atoms with E-state index >= 15 is 0 Å². The van der Waals surface area contributed by atoms with Crippen LogP contribution in [0.1, 0.15) is 39.2 Å². The molecule has 2 rings (SSSR count). The third-order valence-corrected chi connectivity index (χ3v) is 4.62. The summed E-state index contributed by atoms with van der Waals surface area (Å²) in [6, 6.07) is 5.76. The van der Waals surface area contributed by atoms with Crippen molar-refractivity contribution in [2.24, 2.45) is 5.41 Å². The maximum absolute atomic E-state index is 14.4. The predicted octanol–water partition coefficient (Wildman–Crippen LogP) is 3.73. The molecule has 2 nitrogen and oxygen atoms in total. The lowest BCUT2D eigenvalue weighted by Crippen LogP contribution is -2.44. The summed E-state index contributed by atoms with van der Waals surface area (Å²) < 4.78 is 14.4. The molecule has 1 heterocycles. The van der Waals surface area contributed by atoms with E-state index in [2.05, 4.69) is 50.6 Å². The maximum Gasteiger partial charge on any atom is 0.128 e. The summed E-state index contributed by atoms with van der Waals surface area (Å²) in [5.74, 6) is 0.146. The van der Waals surface area contributed by atoms with Gasteiger partial charge in [-0.05, 0) is 36.1 Å². The molecule has 0 aliphatic carbocycles. The van der Waals surface area contributed by atoms with Crippen LogP contribution in [0.5, 0.6) is 0 Å². The number of benzene rings is 1. The van der Waals surface area contributed by atoms with Gasteiger partial charge in [0.25, 0.3) is 0 Å². The van der Waals surface area contributed by atoms with Crippen LogP contribution < -0.4 is 4.90 Å². The SMILES string of the molecule is CC(c1ccc(N2CCN(C)CC2)cc1F)C(C)(C)C. The van der Waals surface area contributed by atoms with E-state index in [1.54, 1.807) is 6.07 Å². The minimum Gasteiger partial charge on any atom is -0.369 e. The average Bonchev–Trinajstić information content (AvgIpc) is 2.37. The third-order valence-electron chi connectivity index (χ3n) is 4.62. The Morgan fingerprint density at radius 3 is 2.20 bits per heavy atom. The smallest absolute Gasteiger partial charge is 0.128 e. The lowest BCUT2D eigenvalue weighted by Gasteiger charge is -2.34. The van der Waals surface area contributed by atoms with E-state index in [0.717, 1.165) is 37.4 Å². The van der Waals surface area contributed by atoms with Crippen LogP contribution >= 0.6 is 0 Å². The number of halogens is 1. The normalized spacial score (nSPS) is 19.2. The summed E-state index contributed by atoms with van der Waals surface area (Å²) in [6.45, 7) is 12.6. The second-order valence-corrected chi connectivity index (χ2v) is 7.08. The van der Waals surface area contributed by atoms with Crippen LogP contribution in [0.4, 0.5) is 10.1 Å². The van der Waals surface area contributed by atoms with Gasteiger partial charge in [0, 0.05) is 31.9 Å². The molecule has 1 aromatic carbocycles. The lowest BCUT2D eigenvalue weighted by atomic mass is 9.77. The van der Waals surface area contributed by atoms with Gasteiger partial charge in [-0.25, -0.2) is 4.39 Å². The van der Waals surface area contributed by atoms with E-state index < -0.39 is 0 Å². The molecule has 0 bridgehead atoms. The van der Waals surface area contributed by atoms with Crippen LogP contribution in [-0.4, -0.2) is 38.1 Å². The first-order chi connectivity index (χ1) is 9.29. The van der Waals surface area contributed by atoms with Gasteiger partial charge in [0.2, 0.25) is 0 Å². The Labute approximate surface area is 122 Å². The summed E-state index contributed by atoms with van der Waals surface area (Å²) in [7, 11) is 2.13. The summed E-state index contributed by atoms with van der Waals surface area (Å²) in [4.78, 5) is 4.58. The fourth-order valence-corrected chi connectivity index (χ4v) is 2.60. The van der Waals surface area contributed by atoms with E-state index in [-0.39, 0.29) is 17.2 Å². The monoisotopic (exact) mass is 278 g/mol. The average molecular weight is 278 g/mol. The number of nitrogens with zero attached hydrogens (tertiary/aromatic N) is 2. The van der Waals surface area contributed by atoms with Crippen molar-refractivity contribution < 1.29 is 4.39 Å². The summed E-state index contributed by atoms with van der Waals surface area (Å²) in [5.41, 5.74) is 1.92. The van der Waals surface area contributed by atoms with Crippen molar-refractivity contribution in [1.29, 1.82) is 0 Å². The van der Waals surface area contributed by atoms with Gasteiger partial charge in [0.15, 0.2) is 0 Å². The van der Waals surface area contributed by atoms with Gasteiger partial charge < -0.3 is 9.80 Å². The molecule has 20 heavy (non-hydrogen) atoms. The van der Waals surface area contributed by atoms with Crippen molar-refractivity contribution in [3.05, 3.63) is 29.6 Å². The molecule has 1 unspecified atom stereocenters. The van der Waals surface area contributed by atoms with Gasteiger partial charge in [0.05, 0.1) is 0 Å². The molecule has 3 heteroatoms. The van der Waals surface area contributed by atoms with E-state index in [9.17, 15) is 4.39 Å². The van der Waals surface area contributed by atoms with Crippen molar-refractivity contribution in [2.45, 2.75) is 33.6 Å². The number of hydrogen-bond donors (Lipinski definition) is 0. The van der Waals surface area contributed by atoms with Gasteiger partial charge in [0.1, 0.15) is 5.82 Å². The van der Waals surface area contributed by atoms with Crippen molar-refractivity contribution >= 4 is 5.69 Å². The maximum atomic E-state index is 14.4. The number of piperazine rings is 1. The van der Waals surface area contributed by atoms with Gasteiger partial charge >= 0.3 is 0 Å². The van der Waals surface area contributed by atoms with E-state index in [4.69, 9.17) is 0 Å². The van der Waals surface area contributed by atoms with Crippen molar-refractivity contribution in [3.63, 3.8) is 0 Å². The number of rotatable bonds is 2. The molecule has 0 radical (unpaired) electrons. The molecule has 1 saturated heterocycles. The molecule has 1 atom stereocenters. The van der Waals surface area contributed by atoms with Gasteiger partial charge in [-0.3, -0.25) is 0 Å². The van der Waals surface area contributed by atoms with Crippen molar-refractivity contribution in [1.82, 2.24) is 4.90 Å². The molecule has 112 valence electrons. The zero-order chi connectivity index (χ0) is 14.9. The molecular formula is C17H27FN2. The number of anilines is 1. The quantitative estimate of drug-likeness (QED) is 0.813. The van der Waals surface area contributed by atoms with E-state index in [1.165, 1.54) is 0 Å². The molecule has 0 spiro atoms. The topological polar surface area (TPSA) is 6.48 Å². The third kappa shape index (κ3) is 3.32. The first-order valence-corrected chi connectivity index (χ1v) is 7.52. The van der Waals surface area contributed by atoms with Crippen molar-refractivity contribution in [2.75, 3.05) is 38.1 Å². The van der Waals surface area contributed by atoms with Crippen LogP contribution in [-0.2, 0) is 0 Å². The molecule has 0 aromatic heterocycles. The molecule has 0 N–H and O–H groups in total. The van der Waals surface area contributed by atoms with Crippen LogP contribution in [0.15, 0.2) is 18.2 Å². The summed E-state index contributed by atoms with van der Waals surface area (Å²) in [6.07, 6.45) is 0. The van der Waals surface area contributed by atoms with Crippen molar-refractivity contribution in [3.8, 4) is 0 Å². The Bertz CT molecular complexity index is 457. The second kappa shape index (κ2) is 5.72. The largest absolute Gasteiger partial charge is 0.369 e. The highest BCUT2D eigenvalue weighted by Gasteiger charge is 2.25.